The maximum atomic E-state index is 12.9. The van der Waals surface area contributed by atoms with Crippen LogP contribution in [0.5, 0.6) is 0 Å². The molecule has 0 atom stereocenters. The van der Waals surface area contributed by atoms with Gasteiger partial charge >= 0.3 is 6.18 Å². The van der Waals surface area contributed by atoms with Gasteiger partial charge in [-0.1, -0.05) is 12.0 Å². The van der Waals surface area contributed by atoms with Gasteiger partial charge in [0.05, 0.1) is 24.3 Å². The molecule has 0 aliphatic rings. The molecular formula is C18H15F3N4O3. The molecule has 0 unspecified atom stereocenters. The fourth-order valence-electron chi connectivity index (χ4n) is 2.24. The lowest BCUT2D eigenvalue weighted by Gasteiger charge is -2.13. The summed E-state index contributed by atoms with van der Waals surface area (Å²) in [6.45, 7) is 0.989. The highest BCUT2D eigenvalue weighted by Gasteiger charge is 2.30. The molecule has 7 nitrogen and oxygen atoms in total. The van der Waals surface area contributed by atoms with Crippen LogP contribution in [0.2, 0.25) is 0 Å². The van der Waals surface area contributed by atoms with E-state index < -0.39 is 41.2 Å². The molecule has 0 radical (unpaired) electrons. The predicted molar refractivity (Wildman–Crippen MR) is 93.7 cm³/mol. The summed E-state index contributed by atoms with van der Waals surface area (Å²) in [7, 11) is 0. The van der Waals surface area contributed by atoms with Gasteiger partial charge < -0.3 is 10.6 Å². The first-order valence-electron chi connectivity index (χ1n) is 7.90. The number of aryl methyl sites for hydroxylation is 1. The Kier molecular flexibility index (Phi) is 6.20. The monoisotopic (exact) mass is 392 g/mol. The number of carbonyl (C=O) groups excluding carboxylic acids is 2. The molecule has 0 spiro atoms. The second kappa shape index (κ2) is 8.39. The quantitative estimate of drug-likeness (QED) is 0.744. The Morgan fingerprint density at radius 1 is 1.25 bits per heavy atom. The molecule has 0 fully saturated rings. The SMILES string of the molecule is C#CCNC(=O)CNC(=O)c1nn(-c2cccc(C(F)(F)F)c2)c(C)cc1=O. The minimum atomic E-state index is -4.56. The van der Waals surface area contributed by atoms with E-state index in [-0.39, 0.29) is 17.9 Å². The lowest BCUT2D eigenvalue weighted by Crippen LogP contribution is -2.39. The topological polar surface area (TPSA) is 93.1 Å². The number of alkyl halides is 3. The number of nitrogens with zero attached hydrogens (tertiary/aromatic N) is 2. The van der Waals surface area contributed by atoms with Crippen LogP contribution in [0.4, 0.5) is 13.2 Å². The third-order valence-electron chi connectivity index (χ3n) is 3.54. The van der Waals surface area contributed by atoms with Crippen LogP contribution in [0.15, 0.2) is 35.1 Å². The van der Waals surface area contributed by atoms with Crippen molar-refractivity contribution < 1.29 is 22.8 Å². The zero-order valence-corrected chi connectivity index (χ0v) is 14.6. The van der Waals surface area contributed by atoms with Crippen molar-refractivity contribution in [3.8, 4) is 18.0 Å². The number of hydrogen-bond donors (Lipinski definition) is 2. The molecule has 0 aliphatic heterocycles. The summed E-state index contributed by atoms with van der Waals surface area (Å²) in [5.74, 6) is 0.668. The average molecular weight is 392 g/mol. The molecule has 2 amide bonds. The average Bonchev–Trinajstić information content (AvgIpc) is 2.64. The fraction of sp³-hybridized carbons (Fsp3) is 0.222. The smallest absolute Gasteiger partial charge is 0.344 e. The lowest BCUT2D eigenvalue weighted by atomic mass is 10.2. The number of nitrogens with one attached hydrogen (secondary N) is 2. The Morgan fingerprint density at radius 3 is 2.61 bits per heavy atom. The number of benzene rings is 1. The maximum absolute atomic E-state index is 12.9. The summed E-state index contributed by atoms with van der Waals surface area (Å²) in [6.07, 6.45) is 0.430. The summed E-state index contributed by atoms with van der Waals surface area (Å²) in [5.41, 5.74) is -1.95. The standard InChI is InChI=1S/C18H15F3N4O3/c1-3-7-22-15(27)10-23-17(28)16-14(26)8-11(2)25(24-16)13-6-4-5-12(9-13)18(19,20)21/h1,4-6,8-9H,7,10H2,2H3,(H,22,27)(H,23,28). The van der Waals surface area contributed by atoms with Crippen molar-refractivity contribution in [2.24, 2.45) is 0 Å². The molecule has 1 aromatic heterocycles. The van der Waals surface area contributed by atoms with Crippen molar-refractivity contribution in [2.45, 2.75) is 13.1 Å². The Morgan fingerprint density at radius 2 is 1.96 bits per heavy atom. The van der Waals surface area contributed by atoms with Gasteiger partial charge in [0.1, 0.15) is 0 Å². The van der Waals surface area contributed by atoms with Crippen LogP contribution in [0, 0.1) is 19.3 Å². The van der Waals surface area contributed by atoms with E-state index in [9.17, 15) is 27.6 Å². The summed E-state index contributed by atoms with van der Waals surface area (Å²) in [4.78, 5) is 35.7. The second-order valence-corrected chi connectivity index (χ2v) is 5.62. The highest BCUT2D eigenvalue weighted by atomic mass is 19.4. The minimum absolute atomic E-state index is 0.0214. The fourth-order valence-corrected chi connectivity index (χ4v) is 2.24. The minimum Gasteiger partial charge on any atom is -0.344 e. The summed E-state index contributed by atoms with van der Waals surface area (Å²) in [6, 6.07) is 5.35. The summed E-state index contributed by atoms with van der Waals surface area (Å²) in [5, 5.41) is 8.39. The van der Waals surface area contributed by atoms with Crippen molar-refractivity contribution in [3.05, 3.63) is 57.5 Å². The number of aromatic nitrogens is 2. The van der Waals surface area contributed by atoms with E-state index in [1.54, 1.807) is 0 Å². The lowest BCUT2D eigenvalue weighted by molar-refractivity contribution is -0.137. The van der Waals surface area contributed by atoms with Crippen LogP contribution in [-0.2, 0) is 11.0 Å². The van der Waals surface area contributed by atoms with Gasteiger partial charge in [-0.15, -0.1) is 6.42 Å². The molecule has 0 bridgehead atoms. The molecule has 2 aromatic rings. The molecule has 1 aromatic carbocycles. The molecule has 0 saturated carbocycles. The molecule has 1 heterocycles. The normalized spacial score (nSPS) is 10.8. The zero-order chi connectivity index (χ0) is 20.9. The molecule has 146 valence electrons. The van der Waals surface area contributed by atoms with Gasteiger partial charge in [0, 0.05) is 11.8 Å². The van der Waals surface area contributed by atoms with E-state index in [1.807, 2.05) is 0 Å². The molecule has 28 heavy (non-hydrogen) atoms. The zero-order valence-electron chi connectivity index (χ0n) is 14.6. The molecule has 10 heteroatoms. The largest absolute Gasteiger partial charge is 0.416 e. The van der Waals surface area contributed by atoms with E-state index >= 15 is 0 Å². The van der Waals surface area contributed by atoms with Crippen molar-refractivity contribution >= 4 is 11.8 Å². The number of hydrogen-bond acceptors (Lipinski definition) is 4. The van der Waals surface area contributed by atoms with E-state index in [0.717, 1.165) is 22.9 Å². The van der Waals surface area contributed by atoms with Crippen LogP contribution in [0.3, 0.4) is 0 Å². The second-order valence-electron chi connectivity index (χ2n) is 5.62. The number of halogens is 3. The van der Waals surface area contributed by atoms with Gasteiger partial charge in [-0.3, -0.25) is 14.4 Å². The van der Waals surface area contributed by atoms with E-state index in [0.29, 0.717) is 0 Å². The van der Waals surface area contributed by atoms with Gasteiger partial charge in [0.15, 0.2) is 5.69 Å². The Balaban J connectivity index is 2.33. The molecule has 2 N–H and O–H groups in total. The van der Waals surface area contributed by atoms with Gasteiger partial charge in [-0.25, -0.2) is 4.68 Å². The highest BCUT2D eigenvalue weighted by molar-refractivity contribution is 5.94. The van der Waals surface area contributed by atoms with Crippen LogP contribution in [-0.4, -0.2) is 34.7 Å². The van der Waals surface area contributed by atoms with Crippen molar-refractivity contribution in [1.29, 1.82) is 0 Å². The van der Waals surface area contributed by atoms with E-state index in [1.165, 1.54) is 19.1 Å². The predicted octanol–water partition coefficient (Wildman–Crippen LogP) is 1.04. The molecular weight excluding hydrogens is 377 g/mol. The van der Waals surface area contributed by atoms with Gasteiger partial charge in [-0.2, -0.15) is 18.3 Å². The molecule has 0 aliphatic carbocycles. The maximum Gasteiger partial charge on any atom is 0.416 e. The Hall–Kier alpha value is -3.61. The van der Waals surface area contributed by atoms with Crippen LogP contribution in [0.1, 0.15) is 21.7 Å². The van der Waals surface area contributed by atoms with Crippen LogP contribution in [0.25, 0.3) is 5.69 Å². The van der Waals surface area contributed by atoms with Crippen molar-refractivity contribution in [1.82, 2.24) is 20.4 Å². The van der Waals surface area contributed by atoms with Crippen molar-refractivity contribution in [3.63, 3.8) is 0 Å². The Labute approximate surface area is 157 Å². The third kappa shape index (κ3) is 4.97. The van der Waals surface area contributed by atoms with Gasteiger partial charge in [0.2, 0.25) is 11.3 Å². The number of carbonyl (C=O) groups is 2. The first kappa shape index (κ1) is 20.7. The number of rotatable bonds is 5. The summed E-state index contributed by atoms with van der Waals surface area (Å²) >= 11 is 0. The van der Waals surface area contributed by atoms with Gasteiger partial charge in [0.25, 0.3) is 5.91 Å². The highest BCUT2D eigenvalue weighted by Crippen LogP contribution is 2.30. The van der Waals surface area contributed by atoms with Gasteiger partial charge in [-0.05, 0) is 25.1 Å². The number of amides is 2. The third-order valence-corrected chi connectivity index (χ3v) is 3.54. The first-order chi connectivity index (χ1) is 13.1. The number of terminal acetylenes is 1. The Bertz CT molecular complexity index is 1010. The molecule has 0 saturated heterocycles. The summed E-state index contributed by atoms with van der Waals surface area (Å²) < 4.78 is 39.8. The van der Waals surface area contributed by atoms with Crippen molar-refractivity contribution in [2.75, 3.05) is 13.1 Å². The molecule has 2 rings (SSSR count). The van der Waals surface area contributed by atoms with Crippen LogP contribution < -0.4 is 16.1 Å². The van der Waals surface area contributed by atoms with E-state index in [2.05, 4.69) is 21.7 Å². The first-order valence-corrected chi connectivity index (χ1v) is 7.90. The van der Waals surface area contributed by atoms with Crippen LogP contribution >= 0.6 is 0 Å². The van der Waals surface area contributed by atoms with E-state index in [4.69, 9.17) is 6.42 Å².